The van der Waals surface area contributed by atoms with E-state index in [1.165, 1.54) is 5.56 Å². The van der Waals surface area contributed by atoms with E-state index in [2.05, 4.69) is 150 Å². The quantitative estimate of drug-likeness (QED) is 0.194. The Morgan fingerprint density at radius 1 is 0.423 bits per heavy atom. The fourth-order valence-corrected chi connectivity index (χ4v) is 8.27. The zero-order chi connectivity index (χ0) is 34.3. The highest BCUT2D eigenvalue weighted by molar-refractivity contribution is 6.11. The Morgan fingerprint density at radius 2 is 0.981 bits per heavy atom. The molecule has 250 valence electrons. The molecule has 1 aliphatic heterocycles. The molecular weight excluding hydrogens is 643 g/mol. The number of fused-ring (bicyclic) bond motifs is 9. The fraction of sp³-hybridized carbons (Fsp3) is 0.0870. The molecule has 0 amide bonds. The van der Waals surface area contributed by atoms with Gasteiger partial charge in [-0.3, -0.25) is 15.5 Å². The van der Waals surface area contributed by atoms with Crippen molar-refractivity contribution >= 4 is 65.8 Å². The van der Waals surface area contributed by atoms with E-state index >= 15 is 0 Å². The third-order valence-corrected chi connectivity index (χ3v) is 10.8. The Morgan fingerprint density at radius 3 is 1.69 bits per heavy atom. The fourth-order valence-electron chi connectivity index (χ4n) is 8.27. The Bertz CT molecular complexity index is 2970. The molecule has 10 aromatic rings. The van der Waals surface area contributed by atoms with Gasteiger partial charge in [0.15, 0.2) is 0 Å². The van der Waals surface area contributed by atoms with E-state index in [0.29, 0.717) is 0 Å². The number of nitrogens with one attached hydrogen (secondary N) is 2. The van der Waals surface area contributed by atoms with Gasteiger partial charge in [-0.15, -0.1) is 0 Å². The number of furan rings is 3. The SMILES string of the molecule is CN1C(c2ccc3c(c2)oc2ccccc23)NC(c2ccccc2)NC1c1ccc2c(c1)oc1ccc(-c3cccc4c3oc3ccccc34)cc12. The minimum atomic E-state index is -0.110. The molecule has 7 aromatic carbocycles. The van der Waals surface area contributed by atoms with Crippen LogP contribution in [0.5, 0.6) is 0 Å². The zero-order valence-electron chi connectivity index (χ0n) is 28.3. The third-order valence-electron chi connectivity index (χ3n) is 10.8. The van der Waals surface area contributed by atoms with Crippen molar-refractivity contribution in [1.29, 1.82) is 0 Å². The van der Waals surface area contributed by atoms with Crippen LogP contribution >= 0.6 is 0 Å². The third kappa shape index (κ3) is 4.55. The summed E-state index contributed by atoms with van der Waals surface area (Å²) in [5.41, 5.74) is 10.9. The maximum Gasteiger partial charge on any atom is 0.143 e. The van der Waals surface area contributed by atoms with Gasteiger partial charge >= 0.3 is 0 Å². The highest BCUT2D eigenvalue weighted by atomic mass is 16.3. The normalized spacial score (nSPS) is 18.4. The molecule has 52 heavy (non-hydrogen) atoms. The van der Waals surface area contributed by atoms with E-state index in [-0.39, 0.29) is 18.5 Å². The predicted octanol–water partition coefficient (Wildman–Crippen LogP) is 11.6. The maximum atomic E-state index is 6.55. The van der Waals surface area contributed by atoms with Gasteiger partial charge in [0, 0.05) is 37.9 Å². The molecular formula is C46H33N3O3. The van der Waals surface area contributed by atoms with Crippen LogP contribution in [0.4, 0.5) is 0 Å². The lowest BCUT2D eigenvalue weighted by Gasteiger charge is -2.45. The molecule has 1 saturated heterocycles. The molecule has 1 aliphatic rings. The first-order valence-electron chi connectivity index (χ1n) is 17.7. The monoisotopic (exact) mass is 675 g/mol. The molecule has 2 N–H and O–H groups in total. The van der Waals surface area contributed by atoms with E-state index in [1.54, 1.807) is 0 Å². The van der Waals surface area contributed by atoms with Gasteiger partial charge in [0.2, 0.25) is 0 Å². The molecule has 3 atom stereocenters. The van der Waals surface area contributed by atoms with Crippen LogP contribution < -0.4 is 10.6 Å². The summed E-state index contributed by atoms with van der Waals surface area (Å²) in [5.74, 6) is 0. The van der Waals surface area contributed by atoms with Gasteiger partial charge in [0.05, 0.1) is 18.5 Å². The van der Waals surface area contributed by atoms with Gasteiger partial charge in [0.1, 0.15) is 33.5 Å². The average Bonchev–Trinajstić information content (AvgIpc) is 3.88. The van der Waals surface area contributed by atoms with Crippen LogP contribution in [0, 0.1) is 0 Å². The minimum Gasteiger partial charge on any atom is -0.456 e. The lowest BCUT2D eigenvalue weighted by atomic mass is 9.99. The number of benzene rings is 7. The number of nitrogens with zero attached hydrogens (tertiary/aromatic N) is 1. The highest BCUT2D eigenvalue weighted by Gasteiger charge is 2.35. The molecule has 3 unspecified atom stereocenters. The van der Waals surface area contributed by atoms with Crippen molar-refractivity contribution in [3.8, 4) is 11.1 Å². The van der Waals surface area contributed by atoms with Crippen molar-refractivity contribution in [3.63, 3.8) is 0 Å². The van der Waals surface area contributed by atoms with Crippen LogP contribution in [0.3, 0.4) is 0 Å². The van der Waals surface area contributed by atoms with Crippen molar-refractivity contribution in [2.75, 3.05) is 7.05 Å². The Labute approximate surface area is 298 Å². The summed E-state index contributed by atoms with van der Waals surface area (Å²) in [5, 5.41) is 14.4. The number of hydrogen-bond acceptors (Lipinski definition) is 6. The average molecular weight is 676 g/mol. The van der Waals surface area contributed by atoms with Gasteiger partial charge < -0.3 is 13.3 Å². The van der Waals surface area contributed by atoms with E-state index in [4.69, 9.17) is 13.3 Å². The standard InChI is InChI=1S/C46H33N3O3/c1-49-45(29-18-21-34-32-12-5-7-16-38(32)50-41(34)25-29)47-44(27-10-3-2-4-11-27)48-46(49)30-19-22-35-37-24-28(20-23-40(37)51-42(35)26-30)31-14-9-15-36-33-13-6-8-17-39(33)52-43(31)36/h2-26,44-48H,1H3. The number of hydrogen-bond donors (Lipinski definition) is 2. The number of para-hydroxylation sites is 3. The van der Waals surface area contributed by atoms with Gasteiger partial charge in [-0.1, -0.05) is 115 Å². The van der Waals surface area contributed by atoms with Crippen LogP contribution in [0.1, 0.15) is 35.2 Å². The van der Waals surface area contributed by atoms with Crippen molar-refractivity contribution in [2.45, 2.75) is 18.5 Å². The topological polar surface area (TPSA) is 66.7 Å². The van der Waals surface area contributed by atoms with E-state index in [1.807, 2.05) is 24.3 Å². The summed E-state index contributed by atoms with van der Waals surface area (Å²) in [7, 11) is 2.16. The molecule has 3 aromatic heterocycles. The van der Waals surface area contributed by atoms with Crippen LogP contribution in [0.25, 0.3) is 76.9 Å². The molecule has 0 bridgehead atoms. The lowest BCUT2D eigenvalue weighted by molar-refractivity contribution is 0.0416. The smallest absolute Gasteiger partial charge is 0.143 e. The largest absolute Gasteiger partial charge is 0.456 e. The lowest BCUT2D eigenvalue weighted by Crippen LogP contribution is -2.54. The van der Waals surface area contributed by atoms with Crippen LogP contribution in [-0.2, 0) is 0 Å². The molecule has 6 nitrogen and oxygen atoms in total. The predicted molar refractivity (Wildman–Crippen MR) is 209 cm³/mol. The highest BCUT2D eigenvalue weighted by Crippen LogP contribution is 2.41. The summed E-state index contributed by atoms with van der Waals surface area (Å²) in [4.78, 5) is 2.35. The van der Waals surface area contributed by atoms with E-state index in [0.717, 1.165) is 88.1 Å². The second kappa shape index (κ2) is 11.4. The summed E-state index contributed by atoms with van der Waals surface area (Å²) in [6, 6.07) is 53.0. The van der Waals surface area contributed by atoms with Crippen LogP contribution in [0.2, 0.25) is 0 Å². The first-order chi connectivity index (χ1) is 25.7. The molecule has 11 rings (SSSR count). The van der Waals surface area contributed by atoms with Crippen molar-refractivity contribution in [1.82, 2.24) is 15.5 Å². The van der Waals surface area contributed by atoms with Crippen LogP contribution in [-0.4, -0.2) is 11.9 Å². The zero-order valence-corrected chi connectivity index (χ0v) is 28.3. The molecule has 1 fully saturated rings. The molecule has 4 heterocycles. The first-order valence-corrected chi connectivity index (χ1v) is 17.7. The van der Waals surface area contributed by atoms with E-state index in [9.17, 15) is 0 Å². The van der Waals surface area contributed by atoms with E-state index < -0.39 is 0 Å². The maximum absolute atomic E-state index is 6.55. The minimum absolute atomic E-state index is 0.0892. The van der Waals surface area contributed by atoms with Gasteiger partial charge in [0.25, 0.3) is 0 Å². The summed E-state index contributed by atoms with van der Waals surface area (Å²) in [6.07, 6.45) is -0.292. The first kappa shape index (κ1) is 29.5. The summed E-state index contributed by atoms with van der Waals surface area (Å²) in [6.45, 7) is 0. The second-order valence-corrected chi connectivity index (χ2v) is 13.9. The van der Waals surface area contributed by atoms with Crippen molar-refractivity contribution in [2.24, 2.45) is 0 Å². The Hall–Kier alpha value is -6.18. The Balaban J connectivity index is 0.990. The molecule has 0 radical (unpaired) electrons. The molecule has 6 heteroatoms. The van der Waals surface area contributed by atoms with Crippen molar-refractivity contribution in [3.05, 3.63) is 168 Å². The summed E-state index contributed by atoms with van der Waals surface area (Å²) >= 11 is 0. The van der Waals surface area contributed by atoms with Crippen molar-refractivity contribution < 1.29 is 13.3 Å². The molecule has 0 spiro atoms. The molecule has 0 saturated carbocycles. The number of rotatable bonds is 4. The van der Waals surface area contributed by atoms with Crippen LogP contribution in [0.15, 0.2) is 165 Å². The summed E-state index contributed by atoms with van der Waals surface area (Å²) < 4.78 is 19.2. The van der Waals surface area contributed by atoms with Gasteiger partial charge in [-0.2, -0.15) is 0 Å². The Kier molecular flexibility index (Phi) is 6.49. The van der Waals surface area contributed by atoms with Gasteiger partial charge in [-0.25, -0.2) is 0 Å². The van der Waals surface area contributed by atoms with Gasteiger partial charge in [-0.05, 0) is 65.7 Å². The molecule has 0 aliphatic carbocycles. The second-order valence-electron chi connectivity index (χ2n) is 13.9.